The highest BCUT2D eigenvalue weighted by Gasteiger charge is 2.25. The number of aromatic amines is 1. The molecule has 0 radical (unpaired) electrons. The maximum Gasteiger partial charge on any atom is 0.231 e. The van der Waals surface area contributed by atoms with E-state index in [1.54, 1.807) is 12.4 Å². The predicted molar refractivity (Wildman–Crippen MR) is 158 cm³/mol. The van der Waals surface area contributed by atoms with E-state index < -0.39 is 5.82 Å². The molecule has 222 valence electrons. The molecule has 42 heavy (non-hydrogen) atoms. The number of ether oxygens (including phenoxy) is 1. The van der Waals surface area contributed by atoms with Gasteiger partial charge in [-0.1, -0.05) is 0 Å². The minimum atomic E-state index is -0.397. The fraction of sp³-hybridized carbons (Fsp3) is 0.467. The Kier molecular flexibility index (Phi) is 8.73. The zero-order valence-corrected chi connectivity index (χ0v) is 23.6. The maximum absolute atomic E-state index is 13.5. The summed E-state index contributed by atoms with van der Waals surface area (Å²) < 4.78 is 20.8. The summed E-state index contributed by atoms with van der Waals surface area (Å²) in [5.41, 5.74) is 2.09. The van der Waals surface area contributed by atoms with Crippen LogP contribution in [-0.4, -0.2) is 86.0 Å². The summed E-state index contributed by atoms with van der Waals surface area (Å²) in [6.45, 7) is 5.54. The molecule has 1 saturated heterocycles. The van der Waals surface area contributed by atoms with Crippen LogP contribution < -0.4 is 10.6 Å². The van der Waals surface area contributed by atoms with Crippen molar-refractivity contribution in [2.75, 3.05) is 50.1 Å². The summed E-state index contributed by atoms with van der Waals surface area (Å²) in [5, 5.41) is 21.5. The number of halogens is 1. The van der Waals surface area contributed by atoms with Crippen LogP contribution in [0, 0.1) is 11.7 Å². The van der Waals surface area contributed by atoms with Crippen molar-refractivity contribution in [3.05, 3.63) is 59.8 Å². The number of aromatic nitrogens is 5. The van der Waals surface area contributed by atoms with Crippen LogP contribution in [0.4, 0.5) is 21.8 Å². The van der Waals surface area contributed by atoms with Gasteiger partial charge in [-0.05, 0) is 62.3 Å². The molecule has 1 aromatic carbocycles. The molecule has 0 amide bonds. The average molecular weight is 577 g/mol. The first-order valence-corrected chi connectivity index (χ1v) is 14.7. The summed E-state index contributed by atoms with van der Waals surface area (Å²) in [5.74, 6) is 0.616. The van der Waals surface area contributed by atoms with Crippen molar-refractivity contribution in [1.29, 1.82) is 0 Å². The summed E-state index contributed by atoms with van der Waals surface area (Å²) in [6.07, 6.45) is 9.95. The molecule has 0 bridgehead atoms. The average Bonchev–Trinajstić information content (AvgIpc) is 3.65. The molecule has 4 aromatic rings. The van der Waals surface area contributed by atoms with Crippen LogP contribution in [0.25, 0.3) is 11.0 Å². The third kappa shape index (κ3) is 6.61. The molecule has 6 rings (SSSR count). The lowest BCUT2D eigenvalue weighted by Gasteiger charge is -2.28. The Morgan fingerprint density at radius 3 is 2.64 bits per heavy atom. The zero-order chi connectivity index (χ0) is 28.9. The minimum absolute atomic E-state index is 0.150. The third-order valence-electron chi connectivity index (χ3n) is 8.18. The molecule has 2 aliphatic rings. The highest BCUT2D eigenvalue weighted by molar-refractivity contribution is 6.18. The van der Waals surface area contributed by atoms with Crippen LogP contribution in [0.1, 0.15) is 48.0 Å². The van der Waals surface area contributed by atoms with E-state index >= 15 is 0 Å². The zero-order valence-electron chi connectivity index (χ0n) is 23.6. The van der Waals surface area contributed by atoms with Gasteiger partial charge in [-0.3, -0.25) is 14.4 Å². The fourth-order valence-corrected chi connectivity index (χ4v) is 5.77. The Bertz CT molecular complexity index is 1490. The van der Waals surface area contributed by atoms with Crippen molar-refractivity contribution in [3.63, 3.8) is 0 Å². The number of hydrogen-bond acceptors (Lipinski definition) is 9. The molecule has 12 heteroatoms. The lowest BCUT2D eigenvalue weighted by molar-refractivity contribution is 0.0368. The lowest BCUT2D eigenvalue weighted by Crippen LogP contribution is -2.37. The first kappa shape index (κ1) is 28.3. The number of nitrogens with zero attached hydrogens (tertiary/aromatic N) is 5. The molecule has 4 N–H and O–H groups in total. The number of fused-ring (bicyclic) bond motifs is 1. The first-order valence-electron chi connectivity index (χ1n) is 14.7. The van der Waals surface area contributed by atoms with Gasteiger partial charge in [0.05, 0.1) is 36.0 Å². The Hall–Kier alpha value is -3.87. The molecule has 11 nitrogen and oxygen atoms in total. The van der Waals surface area contributed by atoms with Crippen molar-refractivity contribution in [3.8, 4) is 0 Å². The Labute approximate surface area is 243 Å². The van der Waals surface area contributed by atoms with Gasteiger partial charge in [0, 0.05) is 56.8 Å². The highest BCUT2D eigenvalue weighted by atomic mass is 19.1. The van der Waals surface area contributed by atoms with Crippen molar-refractivity contribution in [2.45, 2.75) is 44.7 Å². The molecule has 1 aliphatic heterocycles. The van der Waals surface area contributed by atoms with Crippen molar-refractivity contribution < 1.29 is 19.0 Å². The van der Waals surface area contributed by atoms with Gasteiger partial charge in [0.25, 0.3) is 0 Å². The monoisotopic (exact) mass is 576 g/mol. The van der Waals surface area contributed by atoms with Crippen molar-refractivity contribution >= 4 is 34.3 Å². The standard InChI is InChI=1S/C30H37FN8O3/c31-22-6-4-21(5-7-22)27(41)25-17-32-28-26(25)29(34-23-8-2-20(19-40)3-9-23)37-30(36-28)35-24-16-33-39(18-24)11-1-10-38-12-14-42-15-13-38/h4-7,16-18,20,23,40H,1-3,8-15,19H2,(H3,32,34,35,36,37). The number of rotatable bonds is 11. The molecular weight excluding hydrogens is 539 g/mol. The second kappa shape index (κ2) is 13.0. The normalized spacial score (nSPS) is 19.7. The topological polar surface area (TPSA) is 133 Å². The minimum Gasteiger partial charge on any atom is -0.396 e. The molecule has 0 spiro atoms. The molecule has 2 fully saturated rings. The largest absolute Gasteiger partial charge is 0.396 e. The second-order valence-corrected chi connectivity index (χ2v) is 11.1. The number of benzene rings is 1. The quantitative estimate of drug-likeness (QED) is 0.196. The summed E-state index contributed by atoms with van der Waals surface area (Å²) in [7, 11) is 0. The lowest BCUT2D eigenvalue weighted by atomic mass is 9.86. The second-order valence-electron chi connectivity index (χ2n) is 11.1. The number of anilines is 3. The number of carbonyl (C=O) groups excluding carboxylic acids is 1. The van der Waals surface area contributed by atoms with E-state index in [0.29, 0.717) is 39.8 Å². The third-order valence-corrected chi connectivity index (χ3v) is 8.18. The number of aliphatic hydroxyl groups is 1. The molecule has 4 heterocycles. The van der Waals surface area contributed by atoms with Crippen molar-refractivity contribution in [2.24, 2.45) is 5.92 Å². The number of ketones is 1. The van der Waals surface area contributed by atoms with Crippen LogP contribution >= 0.6 is 0 Å². The number of nitrogens with one attached hydrogen (secondary N) is 3. The van der Waals surface area contributed by atoms with E-state index in [1.165, 1.54) is 24.3 Å². The van der Waals surface area contributed by atoms with Crippen LogP contribution in [0.5, 0.6) is 0 Å². The molecule has 3 aromatic heterocycles. The van der Waals surface area contributed by atoms with Crippen LogP contribution in [-0.2, 0) is 11.3 Å². The molecular formula is C30H37FN8O3. The van der Waals surface area contributed by atoms with Gasteiger partial charge < -0.3 is 25.5 Å². The summed E-state index contributed by atoms with van der Waals surface area (Å²) in [6, 6.07) is 5.67. The fourth-order valence-electron chi connectivity index (χ4n) is 5.77. The number of H-pyrrole nitrogens is 1. The Balaban J connectivity index is 1.22. The molecule has 1 saturated carbocycles. The van der Waals surface area contributed by atoms with Gasteiger partial charge in [0.1, 0.15) is 17.3 Å². The van der Waals surface area contributed by atoms with E-state index in [9.17, 15) is 14.3 Å². The van der Waals surface area contributed by atoms with Crippen LogP contribution in [0.2, 0.25) is 0 Å². The van der Waals surface area contributed by atoms with Gasteiger partial charge >= 0.3 is 0 Å². The Morgan fingerprint density at radius 1 is 1.10 bits per heavy atom. The van der Waals surface area contributed by atoms with E-state index in [2.05, 4.69) is 30.6 Å². The molecule has 1 aliphatic carbocycles. The van der Waals surface area contributed by atoms with Gasteiger partial charge in [-0.25, -0.2) is 4.39 Å². The van der Waals surface area contributed by atoms with Gasteiger partial charge in [0.15, 0.2) is 5.78 Å². The van der Waals surface area contributed by atoms with Crippen LogP contribution in [0.15, 0.2) is 42.9 Å². The molecule has 0 atom stereocenters. The van der Waals surface area contributed by atoms with E-state index in [1.807, 2.05) is 10.9 Å². The highest BCUT2D eigenvalue weighted by Crippen LogP contribution is 2.32. The van der Waals surface area contributed by atoms with E-state index in [4.69, 9.17) is 9.72 Å². The van der Waals surface area contributed by atoms with Gasteiger partial charge in [-0.2, -0.15) is 15.1 Å². The van der Waals surface area contributed by atoms with Gasteiger partial charge in [0.2, 0.25) is 5.95 Å². The van der Waals surface area contributed by atoms with Crippen molar-refractivity contribution in [1.82, 2.24) is 29.6 Å². The number of morpholine rings is 1. The maximum atomic E-state index is 13.5. The Morgan fingerprint density at radius 2 is 1.88 bits per heavy atom. The summed E-state index contributed by atoms with van der Waals surface area (Å²) in [4.78, 5) is 28.5. The number of hydrogen-bond donors (Lipinski definition) is 4. The van der Waals surface area contributed by atoms with E-state index in [-0.39, 0.29) is 18.4 Å². The SMILES string of the molecule is O=C(c1ccc(F)cc1)c1c[nH]c2nc(Nc3cnn(CCCN4CCOCC4)c3)nc(NC3CCC(CO)CC3)c12. The smallest absolute Gasteiger partial charge is 0.231 e. The number of carbonyl (C=O) groups is 1. The van der Waals surface area contributed by atoms with Gasteiger partial charge in [-0.15, -0.1) is 0 Å². The predicted octanol–water partition coefficient (Wildman–Crippen LogP) is 3.95. The van der Waals surface area contributed by atoms with E-state index in [0.717, 1.165) is 77.2 Å². The molecule has 0 unspecified atom stereocenters. The first-order chi connectivity index (χ1) is 20.6. The number of aliphatic hydroxyl groups excluding tert-OH is 1. The number of aryl methyl sites for hydroxylation is 1. The van der Waals surface area contributed by atoms with Crippen LogP contribution in [0.3, 0.4) is 0 Å². The summed E-state index contributed by atoms with van der Waals surface area (Å²) >= 11 is 0.